The molecule has 4 rings (SSSR count). The highest BCUT2D eigenvalue weighted by Gasteiger charge is 2.15. The first kappa shape index (κ1) is 19.6. The van der Waals surface area contributed by atoms with E-state index >= 15 is 0 Å². The molecule has 3 aromatic carbocycles. The number of nitrogens with one attached hydrogen (secondary N) is 2. The van der Waals surface area contributed by atoms with E-state index in [4.69, 9.17) is 16.6 Å². The molecule has 0 spiro atoms. The first-order valence-corrected chi connectivity index (χ1v) is 9.73. The molecule has 148 valence electrons. The number of aromatic nitrogens is 1. The molecule has 0 aliphatic heterocycles. The summed E-state index contributed by atoms with van der Waals surface area (Å²) in [6.45, 7) is 1.42. The first-order chi connectivity index (χ1) is 14.5. The van der Waals surface area contributed by atoms with E-state index in [1.807, 2.05) is 54.6 Å². The molecule has 6 heteroatoms. The summed E-state index contributed by atoms with van der Waals surface area (Å²) in [6.07, 6.45) is 0. The fourth-order valence-electron chi connectivity index (χ4n) is 3.21. The second kappa shape index (κ2) is 8.35. The number of hydrogen-bond acceptors (Lipinski definition) is 3. The van der Waals surface area contributed by atoms with Gasteiger partial charge in [0.2, 0.25) is 5.91 Å². The molecule has 0 aliphatic carbocycles. The van der Waals surface area contributed by atoms with Crippen molar-refractivity contribution in [3.05, 3.63) is 89.4 Å². The SMILES string of the molecule is CC(=O)Nc1ccc(NC(=O)c2cc(-c3ccccc3)nc3ccccc23)c(Cl)c1. The summed E-state index contributed by atoms with van der Waals surface area (Å²) >= 11 is 6.31. The van der Waals surface area contributed by atoms with E-state index in [0.29, 0.717) is 27.7 Å². The molecule has 1 aromatic heterocycles. The number of nitrogens with zero attached hydrogens (tertiary/aromatic N) is 1. The molecule has 2 amide bonds. The number of amides is 2. The van der Waals surface area contributed by atoms with Crippen molar-refractivity contribution in [2.45, 2.75) is 6.92 Å². The van der Waals surface area contributed by atoms with Gasteiger partial charge in [0.15, 0.2) is 0 Å². The zero-order valence-electron chi connectivity index (χ0n) is 16.1. The minimum atomic E-state index is -0.292. The molecule has 0 bridgehead atoms. The normalized spacial score (nSPS) is 10.6. The summed E-state index contributed by atoms with van der Waals surface area (Å²) in [4.78, 5) is 29.1. The number of hydrogen-bond donors (Lipinski definition) is 2. The summed E-state index contributed by atoms with van der Waals surface area (Å²) < 4.78 is 0. The Bertz CT molecular complexity index is 1260. The number of carbonyl (C=O) groups is 2. The lowest BCUT2D eigenvalue weighted by molar-refractivity contribution is -0.114. The van der Waals surface area contributed by atoms with E-state index in [1.54, 1.807) is 24.3 Å². The van der Waals surface area contributed by atoms with Crippen LogP contribution in [0.1, 0.15) is 17.3 Å². The highest BCUT2D eigenvalue weighted by molar-refractivity contribution is 6.34. The van der Waals surface area contributed by atoms with Crippen LogP contribution in [0.25, 0.3) is 22.2 Å². The number of pyridine rings is 1. The quantitative estimate of drug-likeness (QED) is 0.444. The topological polar surface area (TPSA) is 71.1 Å². The number of fused-ring (bicyclic) bond motifs is 1. The molecule has 0 fully saturated rings. The predicted molar refractivity (Wildman–Crippen MR) is 121 cm³/mol. The zero-order chi connectivity index (χ0) is 21.1. The molecule has 1 heterocycles. The molecule has 0 radical (unpaired) electrons. The van der Waals surface area contributed by atoms with Crippen molar-refractivity contribution in [3.63, 3.8) is 0 Å². The Hall–Kier alpha value is -3.70. The maximum Gasteiger partial charge on any atom is 0.256 e. The number of carbonyl (C=O) groups excluding carboxylic acids is 2. The Balaban J connectivity index is 1.72. The Morgan fingerprint density at radius 3 is 2.33 bits per heavy atom. The van der Waals surface area contributed by atoms with Crippen LogP contribution in [0.2, 0.25) is 5.02 Å². The molecule has 2 N–H and O–H groups in total. The number of para-hydroxylation sites is 1. The highest BCUT2D eigenvalue weighted by Crippen LogP contribution is 2.29. The average molecular weight is 416 g/mol. The van der Waals surface area contributed by atoms with Crippen LogP contribution in [0.4, 0.5) is 11.4 Å². The molecule has 0 saturated heterocycles. The first-order valence-electron chi connectivity index (χ1n) is 9.35. The van der Waals surface area contributed by atoms with Gasteiger partial charge in [0, 0.05) is 23.6 Å². The van der Waals surface area contributed by atoms with E-state index in [0.717, 1.165) is 16.5 Å². The van der Waals surface area contributed by atoms with Crippen molar-refractivity contribution in [1.29, 1.82) is 0 Å². The largest absolute Gasteiger partial charge is 0.326 e. The second-order valence-corrected chi connectivity index (χ2v) is 7.18. The van der Waals surface area contributed by atoms with Crippen LogP contribution in [0.5, 0.6) is 0 Å². The number of rotatable bonds is 4. The molecule has 4 aromatic rings. The van der Waals surface area contributed by atoms with E-state index in [9.17, 15) is 9.59 Å². The van der Waals surface area contributed by atoms with Crippen molar-refractivity contribution < 1.29 is 9.59 Å². The Labute approximate surface area is 178 Å². The summed E-state index contributed by atoms with van der Waals surface area (Å²) in [5.74, 6) is -0.487. The van der Waals surface area contributed by atoms with Crippen LogP contribution in [-0.2, 0) is 4.79 Å². The van der Waals surface area contributed by atoms with Crippen LogP contribution in [0, 0.1) is 0 Å². The lowest BCUT2D eigenvalue weighted by atomic mass is 10.0. The van der Waals surface area contributed by atoms with Gasteiger partial charge in [0.05, 0.1) is 27.5 Å². The Kier molecular flexibility index (Phi) is 5.46. The third-order valence-electron chi connectivity index (χ3n) is 4.57. The van der Waals surface area contributed by atoms with Gasteiger partial charge < -0.3 is 10.6 Å². The van der Waals surface area contributed by atoms with Crippen LogP contribution >= 0.6 is 11.6 Å². The van der Waals surface area contributed by atoms with E-state index in [-0.39, 0.29) is 11.8 Å². The van der Waals surface area contributed by atoms with Crippen LogP contribution < -0.4 is 10.6 Å². The van der Waals surface area contributed by atoms with Crippen LogP contribution in [0.15, 0.2) is 78.9 Å². The summed E-state index contributed by atoms with van der Waals surface area (Å²) in [5.41, 5.74) is 3.89. The van der Waals surface area contributed by atoms with Gasteiger partial charge in [-0.25, -0.2) is 4.98 Å². The van der Waals surface area contributed by atoms with Gasteiger partial charge in [-0.3, -0.25) is 9.59 Å². The molecule has 0 atom stereocenters. The van der Waals surface area contributed by atoms with Crippen LogP contribution in [0.3, 0.4) is 0 Å². The van der Waals surface area contributed by atoms with E-state index in [1.165, 1.54) is 6.92 Å². The Morgan fingerprint density at radius 1 is 0.867 bits per heavy atom. The van der Waals surface area contributed by atoms with Crippen molar-refractivity contribution >= 4 is 45.7 Å². The maximum atomic E-state index is 13.2. The third kappa shape index (κ3) is 4.16. The predicted octanol–water partition coefficient (Wildman–Crippen LogP) is 5.77. The molecule has 30 heavy (non-hydrogen) atoms. The van der Waals surface area contributed by atoms with Gasteiger partial charge >= 0.3 is 0 Å². The van der Waals surface area contributed by atoms with Crippen molar-refractivity contribution in [2.75, 3.05) is 10.6 Å². The molecule has 5 nitrogen and oxygen atoms in total. The van der Waals surface area contributed by atoms with Gasteiger partial charge in [-0.2, -0.15) is 0 Å². The third-order valence-corrected chi connectivity index (χ3v) is 4.88. The maximum absolute atomic E-state index is 13.2. The lowest BCUT2D eigenvalue weighted by Gasteiger charge is -2.12. The minimum Gasteiger partial charge on any atom is -0.326 e. The monoisotopic (exact) mass is 415 g/mol. The highest BCUT2D eigenvalue weighted by atomic mass is 35.5. The lowest BCUT2D eigenvalue weighted by Crippen LogP contribution is -2.14. The summed E-state index contributed by atoms with van der Waals surface area (Å²) in [6, 6.07) is 24.0. The summed E-state index contributed by atoms with van der Waals surface area (Å²) in [5, 5.41) is 6.61. The minimum absolute atomic E-state index is 0.195. The van der Waals surface area contributed by atoms with Crippen molar-refractivity contribution in [2.24, 2.45) is 0 Å². The van der Waals surface area contributed by atoms with Gasteiger partial charge in [0.1, 0.15) is 0 Å². The number of anilines is 2. The number of benzene rings is 3. The second-order valence-electron chi connectivity index (χ2n) is 6.77. The molecular formula is C24H18ClN3O2. The molecule has 0 unspecified atom stereocenters. The van der Waals surface area contributed by atoms with Crippen LogP contribution in [-0.4, -0.2) is 16.8 Å². The molecule has 0 aliphatic rings. The van der Waals surface area contributed by atoms with Crippen molar-refractivity contribution in [1.82, 2.24) is 4.98 Å². The van der Waals surface area contributed by atoms with Gasteiger partial charge in [0.25, 0.3) is 5.91 Å². The number of halogens is 1. The zero-order valence-corrected chi connectivity index (χ0v) is 16.9. The standard InChI is InChI=1S/C24H18ClN3O2/c1-15(29)26-17-11-12-22(20(25)13-17)28-24(30)19-14-23(16-7-3-2-4-8-16)27-21-10-6-5-9-18(19)21/h2-14H,1H3,(H,26,29)(H,28,30). The van der Waals surface area contributed by atoms with Gasteiger partial charge in [-0.1, -0.05) is 60.1 Å². The summed E-state index contributed by atoms with van der Waals surface area (Å²) in [7, 11) is 0. The molecule has 0 saturated carbocycles. The van der Waals surface area contributed by atoms with E-state index < -0.39 is 0 Å². The van der Waals surface area contributed by atoms with E-state index in [2.05, 4.69) is 10.6 Å². The smallest absolute Gasteiger partial charge is 0.256 e. The van der Waals surface area contributed by atoms with Gasteiger partial charge in [-0.05, 0) is 30.3 Å². The van der Waals surface area contributed by atoms with Crippen molar-refractivity contribution in [3.8, 4) is 11.3 Å². The fourth-order valence-corrected chi connectivity index (χ4v) is 3.43. The Morgan fingerprint density at radius 2 is 1.60 bits per heavy atom. The molecular weight excluding hydrogens is 398 g/mol. The fraction of sp³-hybridized carbons (Fsp3) is 0.0417. The average Bonchev–Trinajstić information content (AvgIpc) is 2.75. The van der Waals surface area contributed by atoms with Gasteiger partial charge in [-0.15, -0.1) is 0 Å².